The highest BCUT2D eigenvalue weighted by Crippen LogP contribution is 2.04. The van der Waals surface area contributed by atoms with Crippen molar-refractivity contribution in [3.63, 3.8) is 0 Å². The van der Waals surface area contributed by atoms with E-state index >= 15 is 0 Å². The van der Waals surface area contributed by atoms with Gasteiger partial charge in [0.2, 0.25) is 0 Å². The number of carbonyl (C=O) groups is 1. The largest absolute Gasteiger partial charge is 0.350 e. The van der Waals surface area contributed by atoms with Gasteiger partial charge >= 0.3 is 0 Å². The van der Waals surface area contributed by atoms with E-state index in [1.807, 2.05) is 45.2 Å². The molecule has 0 aromatic heterocycles. The molecule has 1 amide bonds. The smallest absolute Gasteiger partial charge is 0.251 e. The van der Waals surface area contributed by atoms with Gasteiger partial charge in [-0.1, -0.05) is 12.1 Å². The summed E-state index contributed by atoms with van der Waals surface area (Å²) in [7, 11) is 1.82. The molecular formula is C12H21Cl2N3O. The average Bonchev–Trinajstić information content (AvgIpc) is 2.26. The topological polar surface area (TPSA) is 53.2 Å². The number of benzene rings is 1. The van der Waals surface area contributed by atoms with Gasteiger partial charge in [0, 0.05) is 18.2 Å². The number of hydrazine groups is 1. The van der Waals surface area contributed by atoms with Crippen molar-refractivity contribution in [1.82, 2.24) is 16.2 Å². The van der Waals surface area contributed by atoms with Gasteiger partial charge in [0.05, 0.1) is 0 Å². The van der Waals surface area contributed by atoms with Crippen LogP contribution in [0, 0.1) is 0 Å². The van der Waals surface area contributed by atoms with Crippen LogP contribution in [-0.4, -0.2) is 19.0 Å². The Morgan fingerprint density at radius 3 is 2.17 bits per heavy atom. The Bertz CT molecular complexity index is 342. The van der Waals surface area contributed by atoms with Crippen molar-refractivity contribution in [3.8, 4) is 0 Å². The van der Waals surface area contributed by atoms with Gasteiger partial charge in [-0.2, -0.15) is 0 Å². The molecule has 0 aliphatic rings. The maximum absolute atomic E-state index is 11.6. The molecule has 1 aromatic rings. The zero-order valence-corrected chi connectivity index (χ0v) is 12.5. The average molecular weight is 294 g/mol. The molecule has 4 nitrogen and oxygen atoms in total. The molecule has 6 heteroatoms. The summed E-state index contributed by atoms with van der Waals surface area (Å²) in [5.74, 6) is -0.0249. The third-order valence-electron chi connectivity index (χ3n) is 2.11. The van der Waals surface area contributed by atoms with Gasteiger partial charge in [0.1, 0.15) is 0 Å². The fraction of sp³-hybridized carbons (Fsp3) is 0.417. The highest BCUT2D eigenvalue weighted by molar-refractivity contribution is 5.94. The molecule has 1 rings (SSSR count). The second-order valence-corrected chi connectivity index (χ2v) is 3.93. The Labute approximate surface area is 121 Å². The molecule has 0 aliphatic heterocycles. The second-order valence-electron chi connectivity index (χ2n) is 3.93. The van der Waals surface area contributed by atoms with Gasteiger partial charge in [0.15, 0.2) is 0 Å². The van der Waals surface area contributed by atoms with E-state index < -0.39 is 0 Å². The van der Waals surface area contributed by atoms with Crippen molar-refractivity contribution in [2.75, 3.05) is 7.05 Å². The Hall–Kier alpha value is -0.810. The van der Waals surface area contributed by atoms with E-state index in [0.29, 0.717) is 5.56 Å². The summed E-state index contributed by atoms with van der Waals surface area (Å²) in [6, 6.07) is 7.73. The van der Waals surface area contributed by atoms with Crippen molar-refractivity contribution >= 4 is 30.7 Å². The zero-order chi connectivity index (χ0) is 12.0. The van der Waals surface area contributed by atoms with Crippen molar-refractivity contribution < 1.29 is 4.79 Å². The molecule has 3 N–H and O–H groups in total. The number of halogens is 2. The highest BCUT2D eigenvalue weighted by Gasteiger charge is 2.05. The van der Waals surface area contributed by atoms with Crippen LogP contribution in [0.5, 0.6) is 0 Å². The summed E-state index contributed by atoms with van der Waals surface area (Å²) in [5.41, 5.74) is 7.68. The van der Waals surface area contributed by atoms with E-state index in [4.69, 9.17) is 0 Å². The van der Waals surface area contributed by atoms with Crippen LogP contribution in [0.3, 0.4) is 0 Å². The number of amides is 1. The fourth-order valence-corrected chi connectivity index (χ4v) is 1.31. The van der Waals surface area contributed by atoms with Crippen LogP contribution in [0.4, 0.5) is 0 Å². The molecule has 0 heterocycles. The molecule has 0 aliphatic carbocycles. The minimum Gasteiger partial charge on any atom is -0.350 e. The van der Waals surface area contributed by atoms with E-state index in [-0.39, 0.29) is 36.8 Å². The molecule has 0 spiro atoms. The molecule has 1 aromatic carbocycles. The normalized spacial score (nSPS) is 9.33. The van der Waals surface area contributed by atoms with Crippen LogP contribution in [0.2, 0.25) is 0 Å². The van der Waals surface area contributed by atoms with Crippen LogP contribution < -0.4 is 16.2 Å². The van der Waals surface area contributed by atoms with Gasteiger partial charge < -0.3 is 5.32 Å². The minimum atomic E-state index is -0.0249. The monoisotopic (exact) mass is 293 g/mol. The summed E-state index contributed by atoms with van der Waals surface area (Å²) < 4.78 is 0. The van der Waals surface area contributed by atoms with Crippen LogP contribution in [-0.2, 0) is 6.54 Å². The van der Waals surface area contributed by atoms with Gasteiger partial charge in [0.25, 0.3) is 5.91 Å². The first-order valence-electron chi connectivity index (χ1n) is 5.43. The molecule has 0 saturated carbocycles. The SMILES string of the molecule is CNNCc1ccc(C(=O)NC(C)C)cc1.Cl.Cl. The Kier molecular flexibility index (Phi) is 11.0. The number of hydrogen-bond donors (Lipinski definition) is 3. The predicted octanol–water partition coefficient (Wildman–Crippen LogP) is 1.89. The Balaban J connectivity index is 0. The lowest BCUT2D eigenvalue weighted by Crippen LogP contribution is -2.30. The van der Waals surface area contributed by atoms with E-state index in [9.17, 15) is 4.79 Å². The molecular weight excluding hydrogens is 273 g/mol. The van der Waals surface area contributed by atoms with Gasteiger partial charge in [-0.05, 0) is 38.6 Å². The van der Waals surface area contributed by atoms with Crippen LogP contribution >= 0.6 is 24.8 Å². The van der Waals surface area contributed by atoms with E-state index in [0.717, 1.165) is 12.1 Å². The quantitative estimate of drug-likeness (QED) is 0.727. The third kappa shape index (κ3) is 6.81. The Morgan fingerprint density at radius 2 is 1.72 bits per heavy atom. The molecule has 0 atom stereocenters. The first kappa shape index (κ1) is 19.5. The fourth-order valence-electron chi connectivity index (χ4n) is 1.31. The maximum atomic E-state index is 11.6. The number of hydrogen-bond acceptors (Lipinski definition) is 3. The lowest BCUT2D eigenvalue weighted by molar-refractivity contribution is 0.0943. The Morgan fingerprint density at radius 1 is 1.17 bits per heavy atom. The number of carbonyl (C=O) groups excluding carboxylic acids is 1. The summed E-state index contributed by atoms with van der Waals surface area (Å²) in [4.78, 5) is 11.6. The molecule has 0 fully saturated rings. The summed E-state index contributed by atoms with van der Waals surface area (Å²) in [6.45, 7) is 4.63. The lowest BCUT2D eigenvalue weighted by Gasteiger charge is -2.09. The van der Waals surface area contributed by atoms with Gasteiger partial charge in [-0.15, -0.1) is 24.8 Å². The molecule has 0 bridgehead atoms. The minimum absolute atomic E-state index is 0. The summed E-state index contributed by atoms with van der Waals surface area (Å²) in [6.07, 6.45) is 0. The van der Waals surface area contributed by atoms with E-state index in [1.165, 1.54) is 0 Å². The van der Waals surface area contributed by atoms with Crippen LogP contribution in [0.25, 0.3) is 0 Å². The van der Waals surface area contributed by atoms with E-state index in [1.54, 1.807) is 0 Å². The van der Waals surface area contributed by atoms with Crippen molar-refractivity contribution in [2.45, 2.75) is 26.4 Å². The van der Waals surface area contributed by atoms with Gasteiger partial charge in [-0.3, -0.25) is 15.6 Å². The summed E-state index contributed by atoms with van der Waals surface area (Å²) >= 11 is 0. The first-order valence-corrected chi connectivity index (χ1v) is 5.43. The zero-order valence-electron chi connectivity index (χ0n) is 10.8. The van der Waals surface area contributed by atoms with Crippen molar-refractivity contribution in [1.29, 1.82) is 0 Å². The number of nitrogens with one attached hydrogen (secondary N) is 3. The third-order valence-corrected chi connectivity index (χ3v) is 2.11. The first-order chi connectivity index (χ1) is 7.63. The molecule has 18 heavy (non-hydrogen) atoms. The molecule has 104 valence electrons. The molecule has 0 unspecified atom stereocenters. The van der Waals surface area contributed by atoms with Crippen molar-refractivity contribution in [2.24, 2.45) is 0 Å². The second kappa shape index (κ2) is 10.1. The summed E-state index contributed by atoms with van der Waals surface area (Å²) in [5, 5.41) is 2.85. The lowest BCUT2D eigenvalue weighted by atomic mass is 10.1. The predicted molar refractivity (Wildman–Crippen MR) is 79.4 cm³/mol. The highest BCUT2D eigenvalue weighted by atomic mass is 35.5. The number of rotatable bonds is 5. The van der Waals surface area contributed by atoms with Crippen LogP contribution in [0.1, 0.15) is 29.8 Å². The van der Waals surface area contributed by atoms with Crippen LogP contribution in [0.15, 0.2) is 24.3 Å². The van der Waals surface area contributed by atoms with E-state index in [2.05, 4.69) is 16.2 Å². The molecule has 0 saturated heterocycles. The standard InChI is InChI=1S/C12H19N3O.2ClH/c1-9(2)15-12(16)11-6-4-10(5-7-11)8-14-13-3;;/h4-7,9,13-14H,8H2,1-3H3,(H,15,16);2*1H. The molecule has 0 radical (unpaired) electrons. The van der Waals surface area contributed by atoms with Gasteiger partial charge in [-0.25, -0.2) is 0 Å². The maximum Gasteiger partial charge on any atom is 0.251 e. The van der Waals surface area contributed by atoms with Crippen molar-refractivity contribution in [3.05, 3.63) is 35.4 Å².